The number of amides is 2. The Morgan fingerprint density at radius 1 is 0.839 bits per heavy atom. The molecule has 0 unspecified atom stereocenters. The predicted molar refractivity (Wildman–Crippen MR) is 123 cm³/mol. The molecule has 0 spiro atoms. The molecule has 5 heteroatoms. The molecule has 0 saturated heterocycles. The van der Waals surface area contributed by atoms with Gasteiger partial charge in [0.05, 0.1) is 11.3 Å². The van der Waals surface area contributed by atoms with E-state index in [0.717, 1.165) is 11.1 Å². The van der Waals surface area contributed by atoms with Crippen molar-refractivity contribution in [2.75, 3.05) is 5.32 Å². The van der Waals surface area contributed by atoms with Crippen LogP contribution in [0.5, 0.6) is 5.75 Å². The number of carbonyl (C=O) groups is 2. The summed E-state index contributed by atoms with van der Waals surface area (Å²) in [6.45, 7) is 6.27. The van der Waals surface area contributed by atoms with Gasteiger partial charge in [-0.05, 0) is 42.2 Å². The Morgan fingerprint density at radius 3 is 2.23 bits per heavy atom. The van der Waals surface area contributed by atoms with Gasteiger partial charge in [0.2, 0.25) is 0 Å². The number of hydrogen-bond acceptors (Lipinski definition) is 3. The molecule has 0 aliphatic carbocycles. The van der Waals surface area contributed by atoms with Gasteiger partial charge in [-0.25, -0.2) is 0 Å². The lowest BCUT2D eigenvalue weighted by atomic mass is 10.0. The lowest BCUT2D eigenvalue weighted by Crippen LogP contribution is -2.32. The highest BCUT2D eigenvalue weighted by Crippen LogP contribution is 2.27. The number of para-hydroxylation sites is 2. The van der Waals surface area contributed by atoms with E-state index in [1.54, 1.807) is 31.2 Å². The summed E-state index contributed by atoms with van der Waals surface area (Å²) in [5.74, 6) is 0.398. The molecule has 0 radical (unpaired) electrons. The van der Waals surface area contributed by atoms with E-state index in [4.69, 9.17) is 4.74 Å². The molecule has 0 bridgehead atoms. The Labute approximate surface area is 183 Å². The van der Waals surface area contributed by atoms with Crippen molar-refractivity contribution in [1.82, 2.24) is 5.32 Å². The van der Waals surface area contributed by atoms with Crippen molar-refractivity contribution < 1.29 is 14.3 Å². The van der Waals surface area contributed by atoms with Crippen LogP contribution in [0.2, 0.25) is 0 Å². The molecule has 3 rings (SSSR count). The fourth-order valence-corrected chi connectivity index (χ4v) is 3.21. The number of anilines is 1. The van der Waals surface area contributed by atoms with Crippen LogP contribution in [-0.2, 0) is 11.3 Å². The van der Waals surface area contributed by atoms with Crippen molar-refractivity contribution in [3.05, 3.63) is 95.6 Å². The monoisotopic (exact) mass is 416 g/mol. The van der Waals surface area contributed by atoms with Crippen LogP contribution >= 0.6 is 0 Å². The molecular formula is C26H28N2O3. The van der Waals surface area contributed by atoms with Gasteiger partial charge in [0, 0.05) is 6.54 Å². The lowest BCUT2D eigenvalue weighted by molar-refractivity contribution is -0.122. The summed E-state index contributed by atoms with van der Waals surface area (Å²) in [5.41, 5.74) is 2.90. The van der Waals surface area contributed by atoms with Gasteiger partial charge in [0.25, 0.3) is 11.8 Å². The molecule has 3 aromatic carbocycles. The van der Waals surface area contributed by atoms with E-state index in [9.17, 15) is 9.59 Å². The summed E-state index contributed by atoms with van der Waals surface area (Å²) in [6, 6.07) is 24.3. The number of hydrogen-bond donors (Lipinski definition) is 2. The number of carbonyl (C=O) groups excluding carboxylic acids is 2. The molecule has 0 aliphatic heterocycles. The molecule has 2 N–H and O–H groups in total. The van der Waals surface area contributed by atoms with E-state index >= 15 is 0 Å². The van der Waals surface area contributed by atoms with E-state index in [0.29, 0.717) is 23.5 Å². The average molecular weight is 417 g/mol. The van der Waals surface area contributed by atoms with E-state index in [-0.39, 0.29) is 17.7 Å². The Hall–Kier alpha value is -3.60. The van der Waals surface area contributed by atoms with Crippen LogP contribution in [0.25, 0.3) is 0 Å². The highest BCUT2D eigenvalue weighted by molar-refractivity contribution is 6.04. The van der Waals surface area contributed by atoms with Crippen LogP contribution in [0, 0.1) is 0 Å². The van der Waals surface area contributed by atoms with E-state index in [2.05, 4.69) is 24.5 Å². The zero-order chi connectivity index (χ0) is 22.2. The summed E-state index contributed by atoms with van der Waals surface area (Å²) in [6.07, 6.45) is -0.722. The van der Waals surface area contributed by atoms with E-state index in [1.807, 2.05) is 54.6 Å². The largest absolute Gasteiger partial charge is 0.481 e. The van der Waals surface area contributed by atoms with Gasteiger partial charge in [0.15, 0.2) is 6.10 Å². The number of nitrogens with one attached hydrogen (secondary N) is 2. The first-order valence-corrected chi connectivity index (χ1v) is 10.4. The Kier molecular flexibility index (Phi) is 7.44. The molecule has 0 fully saturated rings. The third-order valence-corrected chi connectivity index (χ3v) is 4.94. The summed E-state index contributed by atoms with van der Waals surface area (Å²) >= 11 is 0. The van der Waals surface area contributed by atoms with Crippen LogP contribution in [0.4, 0.5) is 5.69 Å². The third-order valence-electron chi connectivity index (χ3n) is 4.94. The topological polar surface area (TPSA) is 67.4 Å². The Balaban J connectivity index is 1.67. The minimum atomic E-state index is -0.722. The zero-order valence-corrected chi connectivity index (χ0v) is 18.1. The first kappa shape index (κ1) is 22.1. The van der Waals surface area contributed by atoms with Gasteiger partial charge < -0.3 is 15.4 Å². The summed E-state index contributed by atoms with van der Waals surface area (Å²) in [7, 11) is 0. The van der Waals surface area contributed by atoms with Gasteiger partial charge in [-0.2, -0.15) is 0 Å². The number of rotatable bonds is 8. The summed E-state index contributed by atoms with van der Waals surface area (Å²) in [5, 5.41) is 5.73. The predicted octanol–water partition coefficient (Wildman–Crippen LogP) is 5.15. The van der Waals surface area contributed by atoms with Gasteiger partial charge in [0.1, 0.15) is 5.75 Å². The van der Waals surface area contributed by atoms with E-state index < -0.39 is 6.10 Å². The maximum absolute atomic E-state index is 12.8. The Bertz CT molecular complexity index is 1030. The van der Waals surface area contributed by atoms with Gasteiger partial charge >= 0.3 is 0 Å². The molecule has 0 saturated carbocycles. The second-order valence-electron chi connectivity index (χ2n) is 7.66. The maximum Gasteiger partial charge on any atom is 0.265 e. The summed E-state index contributed by atoms with van der Waals surface area (Å²) in [4.78, 5) is 25.5. The lowest BCUT2D eigenvalue weighted by Gasteiger charge is -2.19. The van der Waals surface area contributed by atoms with Crippen LogP contribution in [0.1, 0.15) is 48.2 Å². The van der Waals surface area contributed by atoms with Gasteiger partial charge in [-0.1, -0.05) is 74.5 Å². The molecule has 1 atom stereocenters. The van der Waals surface area contributed by atoms with Crippen molar-refractivity contribution in [3.63, 3.8) is 0 Å². The van der Waals surface area contributed by atoms with Crippen LogP contribution in [-0.4, -0.2) is 17.9 Å². The second kappa shape index (κ2) is 10.4. The molecule has 0 aliphatic rings. The quantitative estimate of drug-likeness (QED) is 0.534. The SMILES string of the molecule is CC(C)c1ccccc1O[C@@H](C)C(=O)Nc1ccccc1C(=O)NCc1ccccc1. The fourth-order valence-electron chi connectivity index (χ4n) is 3.21. The number of ether oxygens (including phenoxy) is 1. The van der Waals surface area contributed by atoms with Crippen molar-refractivity contribution in [1.29, 1.82) is 0 Å². The third kappa shape index (κ3) is 5.95. The minimum absolute atomic E-state index is 0.251. The zero-order valence-electron chi connectivity index (χ0n) is 18.1. The molecule has 31 heavy (non-hydrogen) atoms. The summed E-state index contributed by atoms with van der Waals surface area (Å²) < 4.78 is 5.93. The minimum Gasteiger partial charge on any atom is -0.481 e. The highest BCUT2D eigenvalue weighted by atomic mass is 16.5. The Morgan fingerprint density at radius 2 is 1.48 bits per heavy atom. The maximum atomic E-state index is 12.8. The van der Waals surface area contributed by atoms with Crippen LogP contribution < -0.4 is 15.4 Å². The van der Waals surface area contributed by atoms with Crippen LogP contribution in [0.3, 0.4) is 0 Å². The molecule has 0 aromatic heterocycles. The average Bonchev–Trinajstić information content (AvgIpc) is 2.78. The highest BCUT2D eigenvalue weighted by Gasteiger charge is 2.20. The van der Waals surface area contributed by atoms with Gasteiger partial charge in [-0.3, -0.25) is 9.59 Å². The normalized spacial score (nSPS) is 11.6. The molecule has 3 aromatic rings. The molecule has 2 amide bonds. The van der Waals surface area contributed by atoms with Crippen molar-refractivity contribution >= 4 is 17.5 Å². The van der Waals surface area contributed by atoms with Crippen LogP contribution in [0.15, 0.2) is 78.9 Å². The van der Waals surface area contributed by atoms with E-state index in [1.165, 1.54) is 0 Å². The molecule has 5 nitrogen and oxygen atoms in total. The number of benzene rings is 3. The van der Waals surface area contributed by atoms with Gasteiger partial charge in [-0.15, -0.1) is 0 Å². The molecule has 0 heterocycles. The first-order chi connectivity index (χ1) is 15.0. The smallest absolute Gasteiger partial charge is 0.265 e. The van der Waals surface area contributed by atoms with Crippen molar-refractivity contribution in [2.24, 2.45) is 0 Å². The fraction of sp³-hybridized carbons (Fsp3) is 0.231. The second-order valence-corrected chi connectivity index (χ2v) is 7.66. The first-order valence-electron chi connectivity index (χ1n) is 10.4. The molecule has 160 valence electrons. The van der Waals surface area contributed by atoms with Crippen molar-refractivity contribution in [3.8, 4) is 5.75 Å². The molecular weight excluding hydrogens is 388 g/mol. The van der Waals surface area contributed by atoms with Crippen molar-refractivity contribution in [2.45, 2.75) is 39.3 Å². The standard InChI is InChI=1S/C26H28N2O3/c1-18(2)21-13-8-10-16-24(21)31-19(3)25(29)28-23-15-9-7-14-22(23)26(30)27-17-20-11-5-4-6-12-20/h4-16,18-19H,17H2,1-3H3,(H,27,30)(H,28,29)/t19-/m0/s1.